The first-order chi connectivity index (χ1) is 14.0. The minimum atomic E-state index is -0.346. The Morgan fingerprint density at radius 1 is 1.10 bits per heavy atom. The molecule has 0 aromatic heterocycles. The molecular formula is C23H24O4S2. The van der Waals surface area contributed by atoms with Crippen LogP contribution in [0.25, 0.3) is 6.08 Å². The maximum atomic E-state index is 12.7. The number of ether oxygens (including phenoxy) is 2. The highest BCUT2D eigenvalue weighted by Crippen LogP contribution is 2.52. The topological polar surface area (TPSA) is 52.6 Å². The van der Waals surface area contributed by atoms with Gasteiger partial charge in [0.05, 0.1) is 22.9 Å². The summed E-state index contributed by atoms with van der Waals surface area (Å²) in [5.41, 5.74) is 3.05. The zero-order valence-corrected chi connectivity index (χ0v) is 18.4. The molecule has 2 aromatic rings. The SMILES string of the molecule is CCOC(=O)c1ccc(C=CC(=O)c2ccc3c(c2)C(SC)(SC)CCO3)cc1. The molecule has 0 radical (unpaired) electrons. The monoisotopic (exact) mass is 428 g/mol. The fraction of sp³-hybridized carbons (Fsp3) is 0.304. The smallest absolute Gasteiger partial charge is 0.338 e. The van der Waals surface area contributed by atoms with Gasteiger partial charge in [0.1, 0.15) is 5.75 Å². The standard InChI is InChI=1S/C23H24O4S2/c1-4-26-22(25)17-8-5-16(6-9-17)7-11-20(24)18-10-12-21-19(15-18)23(28-2,29-3)13-14-27-21/h5-12,15H,4,13-14H2,1-3H3. The molecule has 29 heavy (non-hydrogen) atoms. The van der Waals surface area contributed by atoms with Crippen molar-refractivity contribution in [3.05, 3.63) is 70.8 Å². The maximum absolute atomic E-state index is 12.7. The summed E-state index contributed by atoms with van der Waals surface area (Å²) in [6, 6.07) is 12.6. The number of allylic oxidation sites excluding steroid dienone is 1. The number of benzene rings is 2. The first-order valence-corrected chi connectivity index (χ1v) is 11.8. The van der Waals surface area contributed by atoms with Crippen molar-refractivity contribution < 1.29 is 19.1 Å². The average molecular weight is 429 g/mol. The molecule has 6 heteroatoms. The van der Waals surface area contributed by atoms with Crippen molar-refractivity contribution in [2.24, 2.45) is 0 Å². The van der Waals surface area contributed by atoms with Crippen LogP contribution in [-0.2, 0) is 8.82 Å². The summed E-state index contributed by atoms with van der Waals surface area (Å²) in [6.07, 6.45) is 8.41. The van der Waals surface area contributed by atoms with Gasteiger partial charge in [0.25, 0.3) is 0 Å². The Balaban J connectivity index is 1.78. The molecule has 3 rings (SSSR count). The van der Waals surface area contributed by atoms with Crippen LogP contribution < -0.4 is 4.74 Å². The molecule has 0 saturated heterocycles. The van der Waals surface area contributed by atoms with Gasteiger partial charge in [-0.05, 0) is 61.4 Å². The summed E-state index contributed by atoms with van der Waals surface area (Å²) in [6.45, 7) is 2.80. The van der Waals surface area contributed by atoms with Crippen molar-refractivity contribution in [3.8, 4) is 5.75 Å². The van der Waals surface area contributed by atoms with E-state index in [1.165, 1.54) is 0 Å². The van der Waals surface area contributed by atoms with E-state index in [0.717, 1.165) is 23.3 Å². The summed E-state index contributed by atoms with van der Waals surface area (Å²) in [5.74, 6) is 0.445. The third kappa shape index (κ3) is 4.70. The van der Waals surface area contributed by atoms with E-state index in [1.54, 1.807) is 66.9 Å². The van der Waals surface area contributed by atoms with Crippen LogP contribution >= 0.6 is 23.5 Å². The number of carbonyl (C=O) groups is 2. The molecule has 152 valence electrons. The number of esters is 1. The fourth-order valence-corrected chi connectivity index (χ4v) is 5.26. The van der Waals surface area contributed by atoms with Crippen LogP contribution in [0, 0.1) is 0 Å². The summed E-state index contributed by atoms with van der Waals surface area (Å²) in [4.78, 5) is 24.5. The van der Waals surface area contributed by atoms with Gasteiger partial charge >= 0.3 is 5.97 Å². The Morgan fingerprint density at radius 2 is 1.79 bits per heavy atom. The van der Waals surface area contributed by atoms with Crippen molar-refractivity contribution in [1.82, 2.24) is 0 Å². The van der Waals surface area contributed by atoms with Gasteiger partial charge in [-0.1, -0.05) is 18.2 Å². The second-order valence-electron chi connectivity index (χ2n) is 6.51. The highest BCUT2D eigenvalue weighted by atomic mass is 32.2. The van der Waals surface area contributed by atoms with Crippen LogP contribution in [0.3, 0.4) is 0 Å². The second kappa shape index (κ2) is 9.55. The molecule has 1 aliphatic heterocycles. The number of carbonyl (C=O) groups excluding carboxylic acids is 2. The fourth-order valence-electron chi connectivity index (χ4n) is 3.26. The van der Waals surface area contributed by atoms with Crippen LogP contribution in [0.5, 0.6) is 5.75 Å². The lowest BCUT2D eigenvalue weighted by molar-refractivity contribution is 0.0526. The van der Waals surface area contributed by atoms with Crippen molar-refractivity contribution in [1.29, 1.82) is 0 Å². The third-order valence-electron chi connectivity index (χ3n) is 4.87. The minimum Gasteiger partial charge on any atom is -0.493 e. The molecule has 0 aliphatic carbocycles. The van der Waals surface area contributed by atoms with Crippen LogP contribution in [-0.4, -0.2) is 37.5 Å². The molecule has 0 saturated carbocycles. The Morgan fingerprint density at radius 3 is 2.45 bits per heavy atom. The summed E-state index contributed by atoms with van der Waals surface area (Å²) in [5, 5.41) is 0. The van der Waals surface area contributed by atoms with Crippen molar-refractivity contribution >= 4 is 41.4 Å². The molecule has 2 aromatic carbocycles. The van der Waals surface area contributed by atoms with Gasteiger partial charge in [-0.2, -0.15) is 0 Å². The predicted octanol–water partition coefficient (Wildman–Crippen LogP) is 5.42. The molecule has 0 atom stereocenters. The normalized spacial score (nSPS) is 14.9. The zero-order valence-electron chi connectivity index (χ0n) is 16.8. The summed E-state index contributed by atoms with van der Waals surface area (Å²) < 4.78 is 10.7. The van der Waals surface area contributed by atoms with Gasteiger partial charge in [0.15, 0.2) is 5.78 Å². The van der Waals surface area contributed by atoms with E-state index in [4.69, 9.17) is 9.47 Å². The molecular weight excluding hydrogens is 404 g/mol. The van der Waals surface area contributed by atoms with Crippen LogP contribution in [0.15, 0.2) is 48.5 Å². The zero-order chi connectivity index (χ0) is 20.9. The lowest BCUT2D eigenvalue weighted by Gasteiger charge is -2.36. The van der Waals surface area contributed by atoms with Crippen molar-refractivity contribution in [2.45, 2.75) is 17.4 Å². The van der Waals surface area contributed by atoms with Gasteiger partial charge < -0.3 is 9.47 Å². The van der Waals surface area contributed by atoms with Crippen LogP contribution in [0.2, 0.25) is 0 Å². The van der Waals surface area contributed by atoms with E-state index in [0.29, 0.717) is 24.3 Å². The third-order valence-corrected chi connectivity index (χ3v) is 8.04. The molecule has 0 amide bonds. The minimum absolute atomic E-state index is 0.0658. The molecule has 1 aliphatic rings. The Kier molecular flexibility index (Phi) is 7.09. The van der Waals surface area contributed by atoms with Crippen molar-refractivity contribution in [2.75, 3.05) is 25.7 Å². The number of ketones is 1. The van der Waals surface area contributed by atoms with E-state index in [1.807, 2.05) is 18.2 Å². The van der Waals surface area contributed by atoms with Gasteiger partial charge in [-0.25, -0.2) is 4.79 Å². The van der Waals surface area contributed by atoms with E-state index < -0.39 is 0 Å². The van der Waals surface area contributed by atoms with Crippen LogP contribution in [0.4, 0.5) is 0 Å². The van der Waals surface area contributed by atoms with E-state index in [-0.39, 0.29) is 15.8 Å². The first-order valence-electron chi connectivity index (χ1n) is 9.40. The quantitative estimate of drug-likeness (QED) is 0.254. The molecule has 0 unspecified atom stereocenters. The van der Waals surface area contributed by atoms with Gasteiger partial charge in [0.2, 0.25) is 0 Å². The van der Waals surface area contributed by atoms with Gasteiger partial charge in [-0.15, -0.1) is 23.5 Å². The average Bonchev–Trinajstić information content (AvgIpc) is 2.77. The molecule has 0 bridgehead atoms. The van der Waals surface area contributed by atoms with Gasteiger partial charge in [-0.3, -0.25) is 4.79 Å². The van der Waals surface area contributed by atoms with E-state index in [2.05, 4.69) is 12.5 Å². The number of fused-ring (bicyclic) bond motifs is 1. The van der Waals surface area contributed by atoms with Crippen LogP contribution in [0.1, 0.15) is 45.2 Å². The highest BCUT2D eigenvalue weighted by molar-refractivity contribution is 8.16. The lowest BCUT2D eigenvalue weighted by Crippen LogP contribution is -2.26. The number of hydrogen-bond donors (Lipinski definition) is 0. The number of hydrogen-bond acceptors (Lipinski definition) is 6. The molecule has 0 fully saturated rings. The Labute approximate surface area is 180 Å². The number of rotatable bonds is 7. The largest absolute Gasteiger partial charge is 0.493 e. The second-order valence-corrected chi connectivity index (χ2v) is 8.98. The molecule has 0 N–H and O–H groups in total. The van der Waals surface area contributed by atoms with E-state index >= 15 is 0 Å². The lowest BCUT2D eigenvalue weighted by atomic mass is 9.99. The molecule has 1 heterocycles. The Bertz CT molecular complexity index is 915. The summed E-state index contributed by atoms with van der Waals surface area (Å²) in [7, 11) is 0. The molecule has 4 nitrogen and oxygen atoms in total. The predicted molar refractivity (Wildman–Crippen MR) is 121 cm³/mol. The highest BCUT2D eigenvalue weighted by Gasteiger charge is 2.37. The summed E-state index contributed by atoms with van der Waals surface area (Å²) >= 11 is 3.58. The Hall–Kier alpha value is -2.18. The van der Waals surface area contributed by atoms with E-state index in [9.17, 15) is 9.59 Å². The first kappa shape index (κ1) is 21.5. The molecule has 0 spiro atoms. The maximum Gasteiger partial charge on any atom is 0.338 e. The number of thioether (sulfide) groups is 2. The van der Waals surface area contributed by atoms with Gasteiger partial charge in [0, 0.05) is 17.5 Å². The van der Waals surface area contributed by atoms with Crippen molar-refractivity contribution in [3.63, 3.8) is 0 Å².